The Morgan fingerprint density at radius 2 is 2.17 bits per heavy atom. The van der Waals surface area contributed by atoms with E-state index in [0.717, 1.165) is 6.42 Å². The summed E-state index contributed by atoms with van der Waals surface area (Å²) < 4.78 is 0. The Morgan fingerprint density at radius 3 is 2.67 bits per heavy atom. The zero-order valence-corrected chi connectivity index (χ0v) is 8.50. The van der Waals surface area contributed by atoms with Crippen molar-refractivity contribution in [3.05, 3.63) is 0 Å². The highest BCUT2D eigenvalue weighted by molar-refractivity contribution is 6.28. The molecule has 0 radical (unpaired) electrons. The number of hydrogen-bond acceptors (Lipinski definition) is 1. The molecule has 0 aromatic carbocycles. The second kappa shape index (κ2) is 1.98. The molecule has 1 heterocycles. The van der Waals surface area contributed by atoms with E-state index in [1.807, 2.05) is 0 Å². The van der Waals surface area contributed by atoms with Gasteiger partial charge in [0.05, 0.1) is 16.2 Å². The van der Waals surface area contributed by atoms with Crippen LogP contribution in [0.4, 0.5) is 0 Å². The number of halogens is 1. The summed E-state index contributed by atoms with van der Waals surface area (Å²) in [5.74, 6) is 1.72. The van der Waals surface area contributed by atoms with Gasteiger partial charge in [0.1, 0.15) is 0 Å². The van der Waals surface area contributed by atoms with Crippen LogP contribution in [0.5, 0.6) is 0 Å². The molecule has 68 valence electrons. The van der Waals surface area contributed by atoms with Crippen LogP contribution < -0.4 is 5.32 Å². The molecule has 0 bridgehead atoms. The topological polar surface area (TPSA) is 35.9 Å². The van der Waals surface area contributed by atoms with Crippen molar-refractivity contribution in [1.82, 2.24) is 5.32 Å². The lowest BCUT2D eigenvalue weighted by Crippen LogP contribution is -2.43. The summed E-state index contributed by atoms with van der Waals surface area (Å²) >= 11 is 6.36. The highest BCUT2D eigenvalue weighted by atomic mass is 35.5. The van der Waals surface area contributed by atoms with Gasteiger partial charge in [-0.1, -0.05) is 6.92 Å². The molecule has 4 atom stereocenters. The number of amidine groups is 1. The van der Waals surface area contributed by atoms with Gasteiger partial charge >= 0.3 is 0 Å². The fraction of sp³-hybridized carbons (Fsp3) is 0.889. The van der Waals surface area contributed by atoms with Gasteiger partial charge in [0.15, 0.2) is 0 Å². The van der Waals surface area contributed by atoms with Gasteiger partial charge < -0.3 is 5.32 Å². The third-order valence-corrected chi connectivity index (χ3v) is 4.27. The van der Waals surface area contributed by atoms with Gasteiger partial charge in [-0.15, -0.1) is 11.6 Å². The van der Waals surface area contributed by atoms with Crippen molar-refractivity contribution in [2.45, 2.75) is 37.6 Å². The third-order valence-electron chi connectivity index (χ3n) is 3.64. The summed E-state index contributed by atoms with van der Waals surface area (Å²) in [7, 11) is 0. The van der Waals surface area contributed by atoms with Crippen LogP contribution in [-0.2, 0) is 0 Å². The third kappa shape index (κ3) is 0.743. The van der Waals surface area contributed by atoms with Crippen molar-refractivity contribution in [1.29, 1.82) is 5.41 Å². The summed E-state index contributed by atoms with van der Waals surface area (Å²) in [5, 5.41) is 10.8. The fourth-order valence-corrected chi connectivity index (χ4v) is 3.45. The molecule has 1 aliphatic heterocycles. The van der Waals surface area contributed by atoms with Crippen LogP contribution in [0.3, 0.4) is 0 Å². The molecule has 0 aromatic heterocycles. The van der Waals surface area contributed by atoms with Crippen LogP contribution >= 0.6 is 11.6 Å². The molecule has 2 N–H and O–H groups in total. The van der Waals surface area contributed by atoms with Gasteiger partial charge in [-0.3, -0.25) is 5.41 Å². The molecule has 0 amide bonds. The molecule has 2 fully saturated rings. The largest absolute Gasteiger partial charge is 0.367 e. The molecule has 0 spiro atoms. The lowest BCUT2D eigenvalue weighted by molar-refractivity contribution is 0.412. The molecule has 2 nitrogen and oxygen atoms in total. The fourth-order valence-electron chi connectivity index (χ4n) is 2.90. The predicted molar refractivity (Wildman–Crippen MR) is 50.8 cm³/mol. The summed E-state index contributed by atoms with van der Waals surface area (Å²) in [6.45, 7) is 6.38. The van der Waals surface area contributed by atoms with Crippen molar-refractivity contribution < 1.29 is 0 Å². The van der Waals surface area contributed by atoms with Gasteiger partial charge in [-0.25, -0.2) is 0 Å². The molecule has 12 heavy (non-hydrogen) atoms. The molecule has 2 rings (SSSR count). The SMILES string of the molecule is CC1CC(=N)N[C@@]2(C)[C@H]1C2(C)Cl. The zero-order valence-electron chi connectivity index (χ0n) is 7.74. The number of alkyl halides is 1. The van der Waals surface area contributed by atoms with E-state index < -0.39 is 0 Å². The number of piperidine rings is 1. The predicted octanol–water partition coefficient (Wildman–Crippen LogP) is 1.98. The van der Waals surface area contributed by atoms with Crippen LogP contribution in [0.25, 0.3) is 0 Å². The molecular formula is C9H15ClN2. The first-order valence-corrected chi connectivity index (χ1v) is 4.82. The molecule has 3 heteroatoms. The monoisotopic (exact) mass is 186 g/mol. The molecular weight excluding hydrogens is 172 g/mol. The quantitative estimate of drug-likeness (QED) is 0.558. The van der Waals surface area contributed by atoms with Crippen molar-refractivity contribution in [2.24, 2.45) is 11.8 Å². The van der Waals surface area contributed by atoms with Crippen molar-refractivity contribution in [3.8, 4) is 0 Å². The van der Waals surface area contributed by atoms with E-state index in [-0.39, 0.29) is 10.4 Å². The Balaban J connectivity index is 2.29. The van der Waals surface area contributed by atoms with Crippen molar-refractivity contribution in [3.63, 3.8) is 0 Å². The summed E-state index contributed by atoms with van der Waals surface area (Å²) in [6.07, 6.45) is 0.850. The number of rotatable bonds is 0. The molecule has 2 aliphatic rings. The maximum absolute atomic E-state index is 7.61. The highest BCUT2D eigenvalue weighted by Gasteiger charge is 2.73. The first kappa shape index (κ1) is 8.36. The first-order valence-electron chi connectivity index (χ1n) is 4.44. The minimum absolute atomic E-state index is 0.0245. The molecule has 1 aliphatic carbocycles. The Morgan fingerprint density at radius 1 is 1.58 bits per heavy atom. The van der Waals surface area contributed by atoms with Gasteiger partial charge in [0.25, 0.3) is 0 Å². The Bertz CT molecular complexity index is 249. The van der Waals surface area contributed by atoms with Gasteiger partial charge in [-0.05, 0) is 19.8 Å². The van der Waals surface area contributed by atoms with Gasteiger partial charge in [-0.2, -0.15) is 0 Å². The average Bonchev–Trinajstić information content (AvgIpc) is 2.24. The van der Waals surface area contributed by atoms with Crippen LogP contribution in [0, 0.1) is 17.2 Å². The Labute approximate surface area is 78.2 Å². The van der Waals surface area contributed by atoms with Gasteiger partial charge in [0, 0.05) is 12.3 Å². The summed E-state index contributed by atoms with van der Waals surface area (Å²) in [6, 6.07) is 0. The van der Waals surface area contributed by atoms with Crippen LogP contribution in [0.15, 0.2) is 0 Å². The normalized spacial score (nSPS) is 57.5. The number of nitrogens with one attached hydrogen (secondary N) is 2. The van der Waals surface area contributed by atoms with Crippen LogP contribution in [-0.4, -0.2) is 16.2 Å². The smallest absolute Gasteiger partial charge is 0.0939 e. The maximum Gasteiger partial charge on any atom is 0.0939 e. The molecule has 1 saturated heterocycles. The second-order valence-corrected chi connectivity index (χ2v) is 5.33. The standard InChI is InChI=1S/C9H15ClN2/c1-5-4-6(11)12-9(3)7(5)8(9,2)10/h5,7H,4H2,1-3H3,(H2,11,12)/t5?,7-,8?,9+/m1/s1. The first-order chi connectivity index (χ1) is 5.39. The molecule has 0 aromatic rings. The van der Waals surface area contributed by atoms with Crippen LogP contribution in [0.1, 0.15) is 27.2 Å². The van der Waals surface area contributed by atoms with E-state index in [1.54, 1.807) is 0 Å². The zero-order chi connectivity index (χ0) is 9.15. The van der Waals surface area contributed by atoms with Crippen molar-refractivity contribution >= 4 is 17.4 Å². The minimum Gasteiger partial charge on any atom is -0.367 e. The van der Waals surface area contributed by atoms with E-state index in [1.165, 1.54) is 0 Å². The lowest BCUT2D eigenvalue weighted by Gasteiger charge is -2.25. The van der Waals surface area contributed by atoms with Crippen LogP contribution in [0.2, 0.25) is 0 Å². The van der Waals surface area contributed by atoms with Gasteiger partial charge in [0.2, 0.25) is 0 Å². The van der Waals surface area contributed by atoms with E-state index >= 15 is 0 Å². The molecule has 1 saturated carbocycles. The highest BCUT2D eigenvalue weighted by Crippen LogP contribution is 2.64. The Hall–Kier alpha value is -0.240. The minimum atomic E-state index is -0.144. The van der Waals surface area contributed by atoms with Crippen molar-refractivity contribution in [2.75, 3.05) is 0 Å². The average molecular weight is 187 g/mol. The Kier molecular flexibility index (Phi) is 1.38. The lowest BCUT2D eigenvalue weighted by atomic mass is 9.94. The molecule has 2 unspecified atom stereocenters. The number of hydrogen-bond donors (Lipinski definition) is 2. The van der Waals surface area contributed by atoms with E-state index in [4.69, 9.17) is 17.0 Å². The summed E-state index contributed by atoms with van der Waals surface area (Å²) in [5.41, 5.74) is -0.0245. The van der Waals surface area contributed by atoms with E-state index in [0.29, 0.717) is 17.7 Å². The maximum atomic E-state index is 7.61. The van der Waals surface area contributed by atoms with E-state index in [2.05, 4.69) is 26.1 Å². The van der Waals surface area contributed by atoms with E-state index in [9.17, 15) is 0 Å². The summed E-state index contributed by atoms with van der Waals surface area (Å²) in [4.78, 5) is -0.144. The second-order valence-electron chi connectivity index (χ2n) is 4.54. The number of fused-ring (bicyclic) bond motifs is 1.